The number of nitrogens with zero attached hydrogens (tertiary/aromatic N) is 4. The van der Waals surface area contributed by atoms with Crippen molar-refractivity contribution in [3.8, 4) is 22.5 Å². The number of rotatable bonds is 3. The maximum Gasteiger partial charge on any atom is 0.280 e. The molecule has 0 aliphatic carbocycles. The molecule has 0 saturated carbocycles. The van der Waals surface area contributed by atoms with Crippen molar-refractivity contribution in [1.29, 1.82) is 5.41 Å². The van der Waals surface area contributed by atoms with Gasteiger partial charge in [0.25, 0.3) is 6.43 Å². The zero-order valence-electron chi connectivity index (χ0n) is 14.3. The number of anilines is 1. The summed E-state index contributed by atoms with van der Waals surface area (Å²) in [7, 11) is 0. The van der Waals surface area contributed by atoms with Crippen LogP contribution in [0.2, 0.25) is 0 Å². The van der Waals surface area contributed by atoms with E-state index >= 15 is 0 Å². The van der Waals surface area contributed by atoms with E-state index in [9.17, 15) is 13.2 Å². The lowest BCUT2D eigenvalue weighted by Gasteiger charge is -2.16. The Bertz CT molecular complexity index is 1240. The minimum atomic E-state index is -2.72. The van der Waals surface area contributed by atoms with Crippen molar-refractivity contribution in [1.82, 2.24) is 19.0 Å². The summed E-state index contributed by atoms with van der Waals surface area (Å²) < 4.78 is 42.1. The summed E-state index contributed by atoms with van der Waals surface area (Å²) in [6.45, 7) is 0. The van der Waals surface area contributed by atoms with Gasteiger partial charge in [-0.25, -0.2) is 27.8 Å². The van der Waals surface area contributed by atoms with Crippen LogP contribution in [0.4, 0.5) is 19.0 Å². The topological polar surface area (TPSA) is 111 Å². The molecule has 3 aromatic heterocycles. The van der Waals surface area contributed by atoms with E-state index in [0.717, 1.165) is 10.9 Å². The standard InChI is InChI=1S/C18H14F3N7/c19-11-4-1-9(2-5-11)14-15(28(24)18(23)17(22)26-14)10-3-6-13-25-7-12(16(20)21)27(13)8-10/h1-8,16,23H,24H2,(H2,22,26). The maximum atomic E-state index is 13.3. The van der Waals surface area contributed by atoms with E-state index < -0.39 is 12.2 Å². The Morgan fingerprint density at radius 2 is 1.71 bits per heavy atom. The number of nitrogens with two attached hydrogens (primary N) is 2. The van der Waals surface area contributed by atoms with Crippen LogP contribution in [-0.2, 0) is 0 Å². The molecule has 10 heteroatoms. The van der Waals surface area contributed by atoms with Crippen LogP contribution < -0.4 is 17.1 Å². The fourth-order valence-corrected chi connectivity index (χ4v) is 2.96. The lowest BCUT2D eigenvalue weighted by molar-refractivity contribution is 0.145. The maximum absolute atomic E-state index is 13.3. The minimum Gasteiger partial charge on any atom is -0.381 e. The highest BCUT2D eigenvalue weighted by molar-refractivity contribution is 5.79. The van der Waals surface area contributed by atoms with Gasteiger partial charge in [0.15, 0.2) is 11.3 Å². The Morgan fingerprint density at radius 1 is 1.04 bits per heavy atom. The average Bonchev–Trinajstić information content (AvgIpc) is 3.10. The lowest BCUT2D eigenvalue weighted by Crippen LogP contribution is -2.32. The number of alkyl halides is 2. The number of fused-ring (bicyclic) bond motifs is 1. The van der Waals surface area contributed by atoms with Crippen molar-refractivity contribution in [3.63, 3.8) is 0 Å². The van der Waals surface area contributed by atoms with E-state index in [4.69, 9.17) is 17.0 Å². The van der Waals surface area contributed by atoms with Gasteiger partial charge < -0.3 is 11.6 Å². The van der Waals surface area contributed by atoms with Crippen LogP contribution in [-0.4, -0.2) is 19.0 Å². The number of pyridine rings is 1. The van der Waals surface area contributed by atoms with Gasteiger partial charge in [-0.3, -0.25) is 9.81 Å². The van der Waals surface area contributed by atoms with E-state index in [1.165, 1.54) is 34.9 Å². The summed E-state index contributed by atoms with van der Waals surface area (Å²) in [6.07, 6.45) is -0.186. The minimum absolute atomic E-state index is 0.123. The normalized spacial score (nSPS) is 11.4. The predicted octanol–water partition coefficient (Wildman–Crippen LogP) is 2.72. The molecule has 5 N–H and O–H groups in total. The average molecular weight is 385 g/mol. The van der Waals surface area contributed by atoms with Crippen molar-refractivity contribution in [2.24, 2.45) is 0 Å². The molecule has 0 spiro atoms. The Labute approximate surface area is 156 Å². The number of aromatic nitrogens is 4. The monoisotopic (exact) mass is 385 g/mol. The van der Waals surface area contributed by atoms with Gasteiger partial charge in [0.2, 0.25) is 0 Å². The van der Waals surface area contributed by atoms with Crippen LogP contribution in [0.5, 0.6) is 0 Å². The molecule has 0 atom stereocenters. The first kappa shape index (κ1) is 17.6. The summed E-state index contributed by atoms with van der Waals surface area (Å²) in [5.74, 6) is 5.51. The zero-order valence-corrected chi connectivity index (χ0v) is 14.3. The third kappa shape index (κ3) is 2.75. The summed E-state index contributed by atoms with van der Waals surface area (Å²) in [5, 5.41) is 8.02. The van der Waals surface area contributed by atoms with E-state index in [-0.39, 0.29) is 28.4 Å². The molecule has 0 bridgehead atoms. The molecule has 0 fully saturated rings. The molecule has 0 amide bonds. The smallest absolute Gasteiger partial charge is 0.280 e. The van der Waals surface area contributed by atoms with Gasteiger partial charge in [-0.15, -0.1) is 0 Å². The number of imidazole rings is 1. The number of halogens is 3. The molecule has 0 radical (unpaired) electrons. The SMILES string of the molecule is N=c1c(N)nc(-c2ccc(F)cc2)c(-c2ccc3ncc(C(F)F)n3c2)n1N. The summed E-state index contributed by atoms with van der Waals surface area (Å²) in [6, 6.07) is 8.66. The summed E-state index contributed by atoms with van der Waals surface area (Å²) in [5.41, 5.74) is 7.06. The van der Waals surface area contributed by atoms with Crippen molar-refractivity contribution in [3.05, 3.63) is 65.8 Å². The van der Waals surface area contributed by atoms with Gasteiger partial charge in [0.05, 0.1) is 17.6 Å². The first-order valence-electron chi connectivity index (χ1n) is 8.10. The van der Waals surface area contributed by atoms with Crippen molar-refractivity contribution >= 4 is 11.5 Å². The Balaban J connectivity index is 2.02. The lowest BCUT2D eigenvalue weighted by atomic mass is 10.0. The molecule has 142 valence electrons. The predicted molar refractivity (Wildman–Crippen MR) is 97.2 cm³/mol. The number of nitrogen functional groups attached to an aromatic ring is 2. The molecule has 7 nitrogen and oxygen atoms in total. The highest BCUT2D eigenvalue weighted by Gasteiger charge is 2.19. The fraction of sp³-hybridized carbons (Fsp3) is 0.0556. The van der Waals surface area contributed by atoms with Gasteiger partial charge in [0, 0.05) is 17.3 Å². The van der Waals surface area contributed by atoms with E-state index in [1.54, 1.807) is 12.1 Å². The molecule has 0 saturated heterocycles. The third-order valence-electron chi connectivity index (χ3n) is 4.33. The largest absolute Gasteiger partial charge is 0.381 e. The Morgan fingerprint density at radius 3 is 2.39 bits per heavy atom. The van der Waals surface area contributed by atoms with Gasteiger partial charge in [-0.05, 0) is 36.4 Å². The highest BCUT2D eigenvalue weighted by atomic mass is 19.3. The van der Waals surface area contributed by atoms with E-state index in [1.807, 2.05) is 0 Å². The number of nitrogens with one attached hydrogen (secondary N) is 1. The Hall–Kier alpha value is -3.82. The molecule has 3 heterocycles. The van der Waals surface area contributed by atoms with Crippen LogP contribution in [0, 0.1) is 11.2 Å². The van der Waals surface area contributed by atoms with Crippen LogP contribution in [0.1, 0.15) is 12.1 Å². The number of benzene rings is 1. The van der Waals surface area contributed by atoms with Crippen LogP contribution >= 0.6 is 0 Å². The first-order valence-corrected chi connectivity index (χ1v) is 8.10. The van der Waals surface area contributed by atoms with Gasteiger partial charge in [-0.2, -0.15) is 0 Å². The first-order chi connectivity index (χ1) is 13.4. The third-order valence-corrected chi connectivity index (χ3v) is 4.33. The highest BCUT2D eigenvalue weighted by Crippen LogP contribution is 2.31. The summed E-state index contributed by atoms with van der Waals surface area (Å²) >= 11 is 0. The van der Waals surface area contributed by atoms with Crippen molar-refractivity contribution in [2.75, 3.05) is 11.6 Å². The number of hydrogen-bond donors (Lipinski definition) is 3. The molecule has 1 aromatic carbocycles. The van der Waals surface area contributed by atoms with E-state index in [2.05, 4.69) is 9.97 Å². The molecule has 4 aromatic rings. The second kappa shape index (κ2) is 6.41. The molecule has 0 aliphatic rings. The second-order valence-electron chi connectivity index (χ2n) is 6.05. The zero-order chi connectivity index (χ0) is 20.0. The van der Waals surface area contributed by atoms with Gasteiger partial charge >= 0.3 is 0 Å². The quantitative estimate of drug-likeness (QED) is 0.471. The van der Waals surface area contributed by atoms with Gasteiger partial charge in [-0.1, -0.05) is 0 Å². The van der Waals surface area contributed by atoms with Crippen LogP contribution in [0.15, 0.2) is 48.8 Å². The van der Waals surface area contributed by atoms with Crippen molar-refractivity contribution < 1.29 is 13.2 Å². The molecule has 28 heavy (non-hydrogen) atoms. The number of hydrogen-bond acceptors (Lipinski definition) is 5. The molecular weight excluding hydrogens is 371 g/mol. The molecule has 0 aliphatic heterocycles. The second-order valence-corrected chi connectivity index (χ2v) is 6.05. The summed E-state index contributed by atoms with van der Waals surface area (Å²) in [4.78, 5) is 8.18. The molecule has 4 rings (SSSR count). The molecule has 0 unspecified atom stereocenters. The van der Waals surface area contributed by atoms with Gasteiger partial charge in [0.1, 0.15) is 17.2 Å². The fourth-order valence-electron chi connectivity index (χ4n) is 2.96. The Kier molecular flexibility index (Phi) is 4.03. The van der Waals surface area contributed by atoms with E-state index in [0.29, 0.717) is 16.8 Å². The molecular formula is C18H14F3N7. The van der Waals surface area contributed by atoms with Crippen LogP contribution in [0.3, 0.4) is 0 Å². The van der Waals surface area contributed by atoms with Crippen LogP contribution in [0.25, 0.3) is 28.2 Å². The van der Waals surface area contributed by atoms with Crippen molar-refractivity contribution in [2.45, 2.75) is 6.43 Å².